The Morgan fingerprint density at radius 2 is 1.72 bits per heavy atom. The zero-order valence-corrected chi connectivity index (χ0v) is 22.6. The van der Waals surface area contributed by atoms with Crippen molar-refractivity contribution < 1.29 is 38.3 Å². The Kier molecular flexibility index (Phi) is 7.28. The highest BCUT2D eigenvalue weighted by molar-refractivity contribution is 5.90. The molecule has 3 atom stereocenters. The first-order valence-electron chi connectivity index (χ1n) is 12.8. The summed E-state index contributed by atoms with van der Waals surface area (Å²) in [4.78, 5) is 13.1. The maximum Gasteiger partial charge on any atom is 0.331 e. The average Bonchev–Trinajstić information content (AvgIpc) is 3.42. The second kappa shape index (κ2) is 10.8. The highest BCUT2D eigenvalue weighted by Gasteiger charge is 2.39. The van der Waals surface area contributed by atoms with E-state index in [1.807, 2.05) is 42.5 Å². The fraction of sp³-hybridized carbons (Fsp3) is 0.323. The number of hydrogen-bond acceptors (Lipinski definition) is 8. The summed E-state index contributed by atoms with van der Waals surface area (Å²) in [6.45, 7) is 4.17. The summed E-state index contributed by atoms with van der Waals surface area (Å²) >= 11 is 0. The van der Waals surface area contributed by atoms with Crippen molar-refractivity contribution in [3.05, 3.63) is 65.2 Å². The average molecular weight is 533 g/mol. The van der Waals surface area contributed by atoms with Gasteiger partial charge in [0.05, 0.1) is 21.3 Å². The molecule has 8 nitrogen and oxygen atoms in total. The van der Waals surface area contributed by atoms with E-state index in [9.17, 15) is 9.90 Å². The van der Waals surface area contributed by atoms with Gasteiger partial charge in [0.2, 0.25) is 18.3 Å². The number of benzene rings is 3. The molecule has 5 rings (SSSR count). The summed E-state index contributed by atoms with van der Waals surface area (Å²) in [5, 5.41) is 11.6. The molecule has 1 heterocycles. The van der Waals surface area contributed by atoms with Gasteiger partial charge in [-0.1, -0.05) is 44.2 Å². The Morgan fingerprint density at radius 1 is 0.974 bits per heavy atom. The van der Waals surface area contributed by atoms with Crippen molar-refractivity contribution in [3.8, 4) is 45.6 Å². The summed E-state index contributed by atoms with van der Waals surface area (Å²) in [5.74, 6) is 1.27. The molecule has 1 aliphatic heterocycles. The monoisotopic (exact) mass is 532 g/mol. The third-order valence-corrected chi connectivity index (χ3v) is 7.51. The third kappa shape index (κ3) is 4.71. The largest absolute Gasteiger partial charge is 0.504 e. The van der Waals surface area contributed by atoms with Crippen LogP contribution < -0.4 is 23.7 Å². The number of phenols is 1. The van der Waals surface area contributed by atoms with Crippen LogP contribution in [0.1, 0.15) is 36.6 Å². The zero-order valence-electron chi connectivity index (χ0n) is 22.6. The minimum absolute atomic E-state index is 0.0234. The molecule has 0 saturated carbocycles. The number of hydrogen-bond donors (Lipinski definition) is 1. The van der Waals surface area contributed by atoms with Crippen molar-refractivity contribution in [2.24, 2.45) is 11.8 Å². The Balaban J connectivity index is 1.71. The fourth-order valence-electron chi connectivity index (χ4n) is 5.35. The van der Waals surface area contributed by atoms with Crippen LogP contribution in [-0.2, 0) is 16.0 Å². The number of ether oxygens (including phenoxy) is 6. The van der Waals surface area contributed by atoms with E-state index in [4.69, 9.17) is 28.4 Å². The second-order valence-electron chi connectivity index (χ2n) is 9.74. The number of fused-ring (bicyclic) bond motifs is 4. The number of carbonyl (C=O) groups excluding carboxylic acids is 1. The van der Waals surface area contributed by atoms with Gasteiger partial charge in [-0.2, -0.15) is 0 Å². The molecule has 0 spiro atoms. The maximum atomic E-state index is 13.1. The molecule has 204 valence electrons. The van der Waals surface area contributed by atoms with Crippen LogP contribution >= 0.6 is 0 Å². The standard InChI is InChI=1S/C31H32O8/c1-17-13-20-14-22(34-3)29(35-4)27(33)25(20)26-21(15-23-30(31(26)36-5)38-16-37-23)28(18(17)2)39-24(32)12-11-19-9-7-6-8-10-19/h6-12,14-15,17-18,28,33H,13,16H2,1-5H3/b12-11+/t17-,18-,28+/m0/s1. The first-order valence-corrected chi connectivity index (χ1v) is 12.8. The van der Waals surface area contributed by atoms with E-state index in [1.165, 1.54) is 27.4 Å². The van der Waals surface area contributed by atoms with Gasteiger partial charge in [0, 0.05) is 28.7 Å². The number of carbonyl (C=O) groups is 1. The quantitative estimate of drug-likeness (QED) is 0.308. The SMILES string of the molecule is COc1cc2c(c(O)c1OC)-c1c(cc3c(c1OC)OCO3)[C@H](OC(=O)/C=C/c1ccccc1)[C@@H](C)[C@@H](C)C2. The number of aromatic hydroxyl groups is 1. The van der Waals surface area contributed by atoms with Crippen molar-refractivity contribution in [3.63, 3.8) is 0 Å². The molecule has 0 amide bonds. The summed E-state index contributed by atoms with van der Waals surface area (Å²) in [6.07, 6.45) is 3.05. The normalized spacial score (nSPS) is 19.5. The summed E-state index contributed by atoms with van der Waals surface area (Å²) in [6, 6.07) is 13.2. The summed E-state index contributed by atoms with van der Waals surface area (Å²) < 4.78 is 34.6. The zero-order chi connectivity index (χ0) is 27.7. The topological polar surface area (TPSA) is 92.7 Å². The summed E-state index contributed by atoms with van der Waals surface area (Å²) in [7, 11) is 4.53. The van der Waals surface area contributed by atoms with Crippen LogP contribution in [0.25, 0.3) is 17.2 Å². The number of rotatable bonds is 6. The molecule has 1 aliphatic carbocycles. The number of methoxy groups -OCH3 is 3. The van der Waals surface area contributed by atoms with E-state index in [-0.39, 0.29) is 30.1 Å². The Bertz CT molecular complexity index is 1410. The van der Waals surface area contributed by atoms with Crippen LogP contribution in [0, 0.1) is 11.8 Å². The van der Waals surface area contributed by atoms with Gasteiger partial charge in [-0.25, -0.2) is 4.79 Å². The van der Waals surface area contributed by atoms with Gasteiger partial charge in [0.15, 0.2) is 23.0 Å². The maximum absolute atomic E-state index is 13.1. The number of esters is 1. The second-order valence-corrected chi connectivity index (χ2v) is 9.74. The Morgan fingerprint density at radius 3 is 2.41 bits per heavy atom. The molecule has 0 fully saturated rings. The van der Waals surface area contributed by atoms with Crippen molar-refractivity contribution in [2.75, 3.05) is 28.1 Å². The van der Waals surface area contributed by atoms with E-state index < -0.39 is 12.1 Å². The molecule has 39 heavy (non-hydrogen) atoms. The van der Waals surface area contributed by atoms with Crippen LogP contribution in [0.15, 0.2) is 48.5 Å². The predicted molar refractivity (Wildman–Crippen MR) is 146 cm³/mol. The van der Waals surface area contributed by atoms with E-state index >= 15 is 0 Å². The molecular weight excluding hydrogens is 500 g/mol. The molecule has 0 bridgehead atoms. The van der Waals surface area contributed by atoms with Gasteiger partial charge >= 0.3 is 5.97 Å². The van der Waals surface area contributed by atoms with Gasteiger partial charge in [-0.15, -0.1) is 0 Å². The van der Waals surface area contributed by atoms with Gasteiger partial charge in [-0.05, 0) is 41.7 Å². The Labute approximate surface area is 227 Å². The fourth-order valence-corrected chi connectivity index (χ4v) is 5.35. The van der Waals surface area contributed by atoms with Gasteiger partial charge in [0.1, 0.15) is 6.10 Å². The molecule has 8 heteroatoms. The lowest BCUT2D eigenvalue weighted by atomic mass is 9.76. The first kappa shape index (κ1) is 26.3. The van der Waals surface area contributed by atoms with Crippen molar-refractivity contribution in [1.29, 1.82) is 0 Å². The smallest absolute Gasteiger partial charge is 0.331 e. The lowest BCUT2D eigenvalue weighted by Crippen LogP contribution is -2.26. The van der Waals surface area contributed by atoms with Crippen LogP contribution in [0.3, 0.4) is 0 Å². The van der Waals surface area contributed by atoms with Crippen molar-refractivity contribution in [1.82, 2.24) is 0 Å². The first-order chi connectivity index (χ1) is 18.9. The van der Waals surface area contributed by atoms with E-state index in [2.05, 4.69) is 13.8 Å². The molecule has 0 unspecified atom stereocenters. The highest BCUT2D eigenvalue weighted by Crippen LogP contribution is 2.58. The minimum Gasteiger partial charge on any atom is -0.504 e. The number of phenolic OH excluding ortho intramolecular Hbond substituents is 1. The molecule has 1 N–H and O–H groups in total. The van der Waals surface area contributed by atoms with Gasteiger partial charge in [0.25, 0.3) is 0 Å². The molecule has 3 aromatic rings. The lowest BCUT2D eigenvalue weighted by molar-refractivity contribution is -0.146. The van der Waals surface area contributed by atoms with Gasteiger partial charge in [-0.3, -0.25) is 0 Å². The molecule has 0 saturated heterocycles. The molecule has 0 aromatic heterocycles. The van der Waals surface area contributed by atoms with Crippen molar-refractivity contribution in [2.45, 2.75) is 26.4 Å². The lowest BCUT2D eigenvalue weighted by Gasteiger charge is -2.34. The van der Waals surface area contributed by atoms with Crippen LogP contribution in [0.4, 0.5) is 0 Å². The third-order valence-electron chi connectivity index (χ3n) is 7.51. The van der Waals surface area contributed by atoms with E-state index in [0.717, 1.165) is 11.1 Å². The minimum atomic E-state index is -0.674. The predicted octanol–water partition coefficient (Wildman–Crippen LogP) is 5.94. The van der Waals surface area contributed by atoms with Gasteiger partial charge < -0.3 is 33.5 Å². The molecule has 0 radical (unpaired) electrons. The van der Waals surface area contributed by atoms with Crippen LogP contribution in [0.2, 0.25) is 0 Å². The van der Waals surface area contributed by atoms with Crippen LogP contribution in [-0.4, -0.2) is 39.2 Å². The summed E-state index contributed by atoms with van der Waals surface area (Å²) in [5.41, 5.74) is 3.44. The molecule has 3 aromatic carbocycles. The van der Waals surface area contributed by atoms with Crippen LogP contribution in [0.5, 0.6) is 34.5 Å². The molecular formula is C31H32O8. The molecule has 2 aliphatic rings. The Hall–Kier alpha value is -4.33. The van der Waals surface area contributed by atoms with Crippen molar-refractivity contribution >= 4 is 12.0 Å². The highest BCUT2D eigenvalue weighted by atomic mass is 16.7. The van der Waals surface area contributed by atoms with E-state index in [0.29, 0.717) is 46.1 Å². The van der Waals surface area contributed by atoms with E-state index in [1.54, 1.807) is 6.08 Å².